The van der Waals surface area contributed by atoms with E-state index in [1.54, 1.807) is 0 Å². The van der Waals surface area contributed by atoms with E-state index in [1.165, 1.54) is 6.92 Å². The van der Waals surface area contributed by atoms with Crippen LogP contribution in [0, 0.1) is 0 Å². The summed E-state index contributed by atoms with van der Waals surface area (Å²) < 4.78 is 4.78. The highest BCUT2D eigenvalue weighted by molar-refractivity contribution is 5.86. The van der Waals surface area contributed by atoms with Gasteiger partial charge in [-0.15, -0.1) is 0 Å². The number of carbonyl (C=O) groups is 2. The van der Waals surface area contributed by atoms with Crippen LogP contribution < -0.4 is 5.32 Å². The monoisotopic (exact) mass is 201 g/mol. The molecule has 0 radical (unpaired) electrons. The topological polar surface area (TPSA) is 75.6 Å². The van der Waals surface area contributed by atoms with Crippen molar-refractivity contribution in [2.45, 2.75) is 13.0 Å². The van der Waals surface area contributed by atoms with E-state index in [4.69, 9.17) is 9.84 Å². The summed E-state index contributed by atoms with van der Waals surface area (Å²) in [6.45, 7) is 4.89. The average molecular weight is 201 g/mol. The summed E-state index contributed by atoms with van der Waals surface area (Å²) in [5.41, 5.74) is 0.303. The molecule has 0 fully saturated rings. The molecule has 1 unspecified atom stereocenters. The third-order valence-corrected chi connectivity index (χ3v) is 1.47. The lowest BCUT2D eigenvalue weighted by atomic mass is 10.3. The summed E-state index contributed by atoms with van der Waals surface area (Å²) in [5, 5.41) is 11.5. The number of carbonyl (C=O) groups excluding carboxylic acids is 2. The van der Waals surface area contributed by atoms with E-state index in [-0.39, 0.29) is 19.8 Å². The van der Waals surface area contributed by atoms with E-state index < -0.39 is 12.0 Å². The maximum Gasteiger partial charge on any atom is 0.333 e. The maximum absolute atomic E-state index is 10.9. The quantitative estimate of drug-likeness (QED) is 0.322. The first kappa shape index (κ1) is 12.8. The normalized spacial score (nSPS) is 11.9. The molecule has 0 saturated carbocycles. The lowest BCUT2D eigenvalue weighted by molar-refractivity contribution is -0.139. The first-order valence-electron chi connectivity index (χ1n) is 4.22. The van der Waals surface area contributed by atoms with Gasteiger partial charge in [0.15, 0.2) is 0 Å². The van der Waals surface area contributed by atoms with Crippen molar-refractivity contribution >= 4 is 12.3 Å². The van der Waals surface area contributed by atoms with Gasteiger partial charge in [-0.05, 0) is 6.92 Å². The summed E-state index contributed by atoms with van der Waals surface area (Å²) in [4.78, 5) is 20.9. The van der Waals surface area contributed by atoms with Crippen LogP contribution in [0.25, 0.3) is 0 Å². The van der Waals surface area contributed by atoms with Crippen LogP contribution in [0.2, 0.25) is 0 Å². The van der Waals surface area contributed by atoms with Crippen molar-refractivity contribution < 1.29 is 19.4 Å². The van der Waals surface area contributed by atoms with E-state index in [1.807, 2.05) is 0 Å². The summed E-state index contributed by atoms with van der Waals surface area (Å²) in [7, 11) is 0. The lowest BCUT2D eigenvalue weighted by Crippen LogP contribution is -2.38. The summed E-state index contributed by atoms with van der Waals surface area (Å²) in [6, 6.07) is -0.413. The molecule has 1 atom stereocenters. The smallest absolute Gasteiger partial charge is 0.333 e. The number of aldehydes is 1. The van der Waals surface area contributed by atoms with E-state index in [2.05, 4.69) is 11.9 Å². The second-order valence-corrected chi connectivity index (χ2v) is 2.83. The minimum Gasteiger partial charge on any atom is -0.461 e. The van der Waals surface area contributed by atoms with Crippen LogP contribution in [-0.2, 0) is 14.3 Å². The van der Waals surface area contributed by atoms with Gasteiger partial charge >= 0.3 is 5.97 Å². The van der Waals surface area contributed by atoms with Crippen LogP contribution in [0.15, 0.2) is 12.2 Å². The molecule has 2 N–H and O–H groups in total. The first-order chi connectivity index (χ1) is 6.61. The molecule has 0 rings (SSSR count). The zero-order valence-corrected chi connectivity index (χ0v) is 8.16. The number of hydrogen-bond acceptors (Lipinski definition) is 5. The number of esters is 1. The second-order valence-electron chi connectivity index (χ2n) is 2.83. The minimum absolute atomic E-state index is 0.0238. The zero-order valence-electron chi connectivity index (χ0n) is 8.16. The Balaban J connectivity index is 3.77. The predicted octanol–water partition coefficient (Wildman–Crippen LogP) is -0.745. The molecule has 0 aromatic heterocycles. The number of ether oxygens (including phenoxy) is 1. The molecular formula is C9H15NO4. The van der Waals surface area contributed by atoms with Crippen LogP contribution in [0.3, 0.4) is 0 Å². The average Bonchev–Trinajstić information content (AvgIpc) is 2.17. The van der Waals surface area contributed by atoms with Crippen molar-refractivity contribution in [3.05, 3.63) is 12.2 Å². The largest absolute Gasteiger partial charge is 0.461 e. The van der Waals surface area contributed by atoms with Gasteiger partial charge in [-0.3, -0.25) is 0 Å². The molecule has 0 aliphatic rings. The predicted molar refractivity (Wildman–Crippen MR) is 50.7 cm³/mol. The molecular weight excluding hydrogens is 186 g/mol. The maximum atomic E-state index is 10.9. The van der Waals surface area contributed by atoms with Crippen LogP contribution in [-0.4, -0.2) is 43.2 Å². The standard InChI is InChI=1S/C9H15NO4/c1-7(2)9(13)14-6-8(5-12)10-3-4-11/h4,8,10,12H,1,3,5-6H2,2H3. The van der Waals surface area contributed by atoms with Crippen molar-refractivity contribution in [3.8, 4) is 0 Å². The van der Waals surface area contributed by atoms with Crippen LogP contribution in [0.4, 0.5) is 0 Å². The summed E-state index contributed by atoms with van der Waals surface area (Å²) in [5.74, 6) is -0.503. The van der Waals surface area contributed by atoms with Gasteiger partial charge in [-0.25, -0.2) is 4.79 Å². The molecule has 14 heavy (non-hydrogen) atoms. The Kier molecular flexibility index (Phi) is 6.61. The van der Waals surface area contributed by atoms with Crippen molar-refractivity contribution in [2.24, 2.45) is 0 Å². The van der Waals surface area contributed by atoms with Crippen molar-refractivity contribution in [3.63, 3.8) is 0 Å². The van der Waals surface area contributed by atoms with E-state index in [9.17, 15) is 9.59 Å². The summed E-state index contributed by atoms with van der Waals surface area (Å²) in [6.07, 6.45) is 0.670. The lowest BCUT2D eigenvalue weighted by Gasteiger charge is -2.14. The van der Waals surface area contributed by atoms with Crippen LogP contribution >= 0.6 is 0 Å². The molecule has 0 aromatic rings. The van der Waals surface area contributed by atoms with Gasteiger partial charge < -0.3 is 20.0 Å². The molecule has 0 aliphatic carbocycles. The van der Waals surface area contributed by atoms with Gasteiger partial charge in [0.25, 0.3) is 0 Å². The van der Waals surface area contributed by atoms with Gasteiger partial charge in [0.05, 0.1) is 19.2 Å². The number of hydrogen-bond donors (Lipinski definition) is 2. The molecule has 0 bridgehead atoms. The fourth-order valence-corrected chi connectivity index (χ4v) is 0.690. The molecule has 0 aromatic carbocycles. The third kappa shape index (κ3) is 5.45. The molecule has 0 saturated heterocycles. The fraction of sp³-hybridized carbons (Fsp3) is 0.556. The van der Waals surface area contributed by atoms with Gasteiger partial charge in [0.1, 0.15) is 12.9 Å². The number of nitrogens with one attached hydrogen (secondary N) is 1. The van der Waals surface area contributed by atoms with Crippen LogP contribution in [0.5, 0.6) is 0 Å². The van der Waals surface area contributed by atoms with E-state index >= 15 is 0 Å². The molecule has 0 amide bonds. The molecule has 5 heteroatoms. The summed E-state index contributed by atoms with van der Waals surface area (Å²) >= 11 is 0. The molecule has 5 nitrogen and oxygen atoms in total. The fourth-order valence-electron chi connectivity index (χ4n) is 0.690. The second kappa shape index (κ2) is 7.23. The Bertz CT molecular complexity index is 215. The Morgan fingerprint density at radius 3 is 2.79 bits per heavy atom. The highest BCUT2D eigenvalue weighted by atomic mass is 16.5. The van der Waals surface area contributed by atoms with Gasteiger partial charge in [-0.2, -0.15) is 0 Å². The Labute approximate surface area is 82.7 Å². The molecule has 80 valence electrons. The Morgan fingerprint density at radius 1 is 1.71 bits per heavy atom. The SMILES string of the molecule is C=C(C)C(=O)OCC(CO)NCC=O. The number of rotatable bonds is 7. The van der Waals surface area contributed by atoms with Crippen molar-refractivity contribution in [1.82, 2.24) is 5.32 Å². The van der Waals surface area contributed by atoms with E-state index in [0.29, 0.717) is 11.9 Å². The molecule has 0 heterocycles. The molecule has 0 aliphatic heterocycles. The van der Waals surface area contributed by atoms with Gasteiger partial charge in [-0.1, -0.05) is 6.58 Å². The number of aliphatic hydroxyl groups is 1. The highest BCUT2D eigenvalue weighted by Gasteiger charge is 2.10. The Morgan fingerprint density at radius 2 is 2.36 bits per heavy atom. The highest BCUT2D eigenvalue weighted by Crippen LogP contribution is 1.93. The Hall–Kier alpha value is -1.20. The third-order valence-electron chi connectivity index (χ3n) is 1.47. The van der Waals surface area contributed by atoms with Gasteiger partial charge in [0, 0.05) is 5.57 Å². The number of aliphatic hydroxyl groups excluding tert-OH is 1. The first-order valence-corrected chi connectivity index (χ1v) is 4.22. The van der Waals surface area contributed by atoms with Crippen molar-refractivity contribution in [2.75, 3.05) is 19.8 Å². The van der Waals surface area contributed by atoms with Crippen molar-refractivity contribution in [1.29, 1.82) is 0 Å². The van der Waals surface area contributed by atoms with Crippen LogP contribution in [0.1, 0.15) is 6.92 Å². The minimum atomic E-state index is -0.503. The van der Waals surface area contributed by atoms with E-state index in [0.717, 1.165) is 0 Å². The molecule has 0 spiro atoms. The van der Waals surface area contributed by atoms with Gasteiger partial charge in [0.2, 0.25) is 0 Å². The zero-order chi connectivity index (χ0) is 11.0.